The molecule has 0 aliphatic heterocycles. The molecule has 0 N–H and O–H groups in total. The molecule has 0 atom stereocenters. The fourth-order valence-corrected chi connectivity index (χ4v) is 1.27. The molecule has 0 saturated heterocycles. The maximum atomic E-state index is 11.6. The summed E-state index contributed by atoms with van der Waals surface area (Å²) in [5.41, 5.74) is 0.923. The van der Waals surface area contributed by atoms with E-state index in [1.54, 1.807) is 13.0 Å². The molecule has 0 fully saturated rings. The van der Waals surface area contributed by atoms with Gasteiger partial charge in [-0.25, -0.2) is 4.79 Å². The minimum absolute atomic E-state index is 0.264. The van der Waals surface area contributed by atoms with E-state index in [1.807, 2.05) is 37.3 Å². The highest BCUT2D eigenvalue weighted by molar-refractivity contribution is 5.91. The number of rotatable bonds is 6. The summed E-state index contributed by atoms with van der Waals surface area (Å²) in [5, 5.41) is 0. The third-order valence-electron chi connectivity index (χ3n) is 2.04. The Bertz CT molecular complexity index is 368. The lowest BCUT2D eigenvalue weighted by Gasteiger charge is -2.08. The van der Waals surface area contributed by atoms with E-state index >= 15 is 0 Å². The van der Waals surface area contributed by atoms with E-state index in [1.165, 1.54) is 0 Å². The van der Waals surface area contributed by atoms with Gasteiger partial charge in [-0.1, -0.05) is 37.3 Å². The Labute approximate surface area is 102 Å². The summed E-state index contributed by atoms with van der Waals surface area (Å²) in [4.78, 5) is 11.6. The molecule has 3 nitrogen and oxygen atoms in total. The first kappa shape index (κ1) is 13.3. The van der Waals surface area contributed by atoms with Gasteiger partial charge in [0.25, 0.3) is 0 Å². The number of ether oxygens (including phenoxy) is 2. The Morgan fingerprint density at radius 1 is 1.18 bits per heavy atom. The number of carbonyl (C=O) groups excluding carboxylic acids is 1. The largest absolute Gasteiger partial charge is 0.487 e. The molecular formula is C14H18O3. The molecule has 0 amide bonds. The van der Waals surface area contributed by atoms with Crippen LogP contribution in [0.4, 0.5) is 0 Å². The van der Waals surface area contributed by atoms with Crippen LogP contribution in [0.25, 0.3) is 6.08 Å². The van der Waals surface area contributed by atoms with Crippen LogP contribution in [0.5, 0.6) is 0 Å². The minimum Gasteiger partial charge on any atom is -0.487 e. The highest BCUT2D eigenvalue weighted by Gasteiger charge is 2.11. The highest BCUT2D eigenvalue weighted by Crippen LogP contribution is 2.10. The van der Waals surface area contributed by atoms with Crippen molar-refractivity contribution >= 4 is 12.0 Å². The number of benzene rings is 1. The van der Waals surface area contributed by atoms with Crippen molar-refractivity contribution in [1.82, 2.24) is 0 Å². The van der Waals surface area contributed by atoms with Gasteiger partial charge in [0, 0.05) is 0 Å². The van der Waals surface area contributed by atoms with Crippen molar-refractivity contribution in [2.45, 2.75) is 20.3 Å². The van der Waals surface area contributed by atoms with E-state index in [4.69, 9.17) is 9.47 Å². The molecule has 3 heteroatoms. The van der Waals surface area contributed by atoms with Crippen molar-refractivity contribution in [3.05, 3.63) is 41.7 Å². The molecule has 1 rings (SSSR count). The van der Waals surface area contributed by atoms with Crippen LogP contribution in [-0.2, 0) is 14.3 Å². The second-order valence-corrected chi connectivity index (χ2v) is 3.49. The lowest BCUT2D eigenvalue weighted by Crippen LogP contribution is -2.11. The first-order valence-corrected chi connectivity index (χ1v) is 5.84. The molecular weight excluding hydrogens is 216 g/mol. The third-order valence-corrected chi connectivity index (χ3v) is 2.04. The van der Waals surface area contributed by atoms with E-state index in [0.717, 1.165) is 12.0 Å². The average molecular weight is 234 g/mol. The van der Waals surface area contributed by atoms with Gasteiger partial charge in [-0.2, -0.15) is 0 Å². The number of esters is 1. The predicted molar refractivity (Wildman–Crippen MR) is 67.3 cm³/mol. The Morgan fingerprint density at radius 2 is 1.88 bits per heavy atom. The molecule has 1 aromatic carbocycles. The monoisotopic (exact) mass is 234 g/mol. The topological polar surface area (TPSA) is 35.5 Å². The summed E-state index contributed by atoms with van der Waals surface area (Å²) in [6, 6.07) is 9.57. The predicted octanol–water partition coefficient (Wildman–Crippen LogP) is 3.02. The number of hydrogen-bond acceptors (Lipinski definition) is 3. The van der Waals surface area contributed by atoms with Crippen molar-refractivity contribution in [3.63, 3.8) is 0 Å². The Balaban J connectivity index is 2.81. The van der Waals surface area contributed by atoms with Crippen molar-refractivity contribution in [3.8, 4) is 0 Å². The van der Waals surface area contributed by atoms with Crippen molar-refractivity contribution in [1.29, 1.82) is 0 Å². The van der Waals surface area contributed by atoms with Crippen LogP contribution in [0.3, 0.4) is 0 Å². The highest BCUT2D eigenvalue weighted by atomic mass is 16.6. The van der Waals surface area contributed by atoms with E-state index < -0.39 is 5.97 Å². The molecule has 0 spiro atoms. The fraction of sp³-hybridized carbons (Fsp3) is 0.357. The molecule has 1 aromatic rings. The van der Waals surface area contributed by atoms with E-state index in [9.17, 15) is 4.79 Å². The summed E-state index contributed by atoms with van der Waals surface area (Å²) >= 11 is 0. The van der Waals surface area contributed by atoms with E-state index in [0.29, 0.717) is 13.2 Å². The molecule has 0 aromatic heterocycles. The van der Waals surface area contributed by atoms with Crippen LogP contribution in [-0.4, -0.2) is 19.2 Å². The summed E-state index contributed by atoms with van der Waals surface area (Å²) in [6.45, 7) is 4.63. The van der Waals surface area contributed by atoms with Gasteiger partial charge in [0.2, 0.25) is 5.76 Å². The number of hydrogen-bond donors (Lipinski definition) is 0. The summed E-state index contributed by atoms with van der Waals surface area (Å²) in [5.74, 6) is -0.148. The smallest absolute Gasteiger partial charge is 0.373 e. The lowest BCUT2D eigenvalue weighted by molar-refractivity contribution is -0.142. The first-order chi connectivity index (χ1) is 8.27. The van der Waals surface area contributed by atoms with Crippen LogP contribution in [0.15, 0.2) is 36.1 Å². The third kappa shape index (κ3) is 4.72. The van der Waals surface area contributed by atoms with Gasteiger partial charge in [-0.15, -0.1) is 0 Å². The second kappa shape index (κ2) is 7.49. The molecule has 0 unspecified atom stereocenters. The molecule has 0 radical (unpaired) electrons. The average Bonchev–Trinajstić information content (AvgIpc) is 2.36. The SMILES string of the molecule is CCCOC(=Cc1ccccc1)C(=O)OCC. The minimum atomic E-state index is -0.412. The molecule has 0 aliphatic rings. The molecule has 92 valence electrons. The zero-order chi connectivity index (χ0) is 12.5. The molecule has 0 aliphatic carbocycles. The van der Waals surface area contributed by atoms with Gasteiger partial charge >= 0.3 is 5.97 Å². The number of carbonyl (C=O) groups is 1. The summed E-state index contributed by atoms with van der Waals surface area (Å²) < 4.78 is 10.3. The first-order valence-electron chi connectivity index (χ1n) is 5.84. The molecule has 0 heterocycles. The zero-order valence-corrected chi connectivity index (χ0v) is 10.3. The van der Waals surface area contributed by atoms with Crippen LogP contribution >= 0.6 is 0 Å². The van der Waals surface area contributed by atoms with Crippen molar-refractivity contribution < 1.29 is 14.3 Å². The van der Waals surface area contributed by atoms with Gasteiger partial charge in [0.05, 0.1) is 13.2 Å². The molecule has 17 heavy (non-hydrogen) atoms. The zero-order valence-electron chi connectivity index (χ0n) is 10.3. The van der Waals surface area contributed by atoms with Gasteiger partial charge in [-0.05, 0) is 25.0 Å². The maximum absolute atomic E-state index is 11.6. The second-order valence-electron chi connectivity index (χ2n) is 3.49. The lowest BCUT2D eigenvalue weighted by atomic mass is 10.2. The van der Waals surface area contributed by atoms with Crippen molar-refractivity contribution in [2.75, 3.05) is 13.2 Å². The standard InChI is InChI=1S/C14H18O3/c1-3-10-17-13(14(15)16-4-2)11-12-8-6-5-7-9-12/h5-9,11H,3-4,10H2,1-2H3. The van der Waals surface area contributed by atoms with E-state index in [-0.39, 0.29) is 5.76 Å². The summed E-state index contributed by atoms with van der Waals surface area (Å²) in [6.07, 6.45) is 2.55. The van der Waals surface area contributed by atoms with Crippen LogP contribution in [0.2, 0.25) is 0 Å². The molecule has 0 bridgehead atoms. The Hall–Kier alpha value is -1.77. The van der Waals surface area contributed by atoms with Gasteiger partial charge < -0.3 is 9.47 Å². The van der Waals surface area contributed by atoms with Gasteiger partial charge in [0.15, 0.2) is 0 Å². The summed E-state index contributed by atoms with van der Waals surface area (Å²) in [7, 11) is 0. The molecule has 0 saturated carbocycles. The van der Waals surface area contributed by atoms with Gasteiger partial charge in [-0.3, -0.25) is 0 Å². The van der Waals surface area contributed by atoms with Gasteiger partial charge in [0.1, 0.15) is 0 Å². The fourth-order valence-electron chi connectivity index (χ4n) is 1.27. The van der Waals surface area contributed by atoms with Crippen molar-refractivity contribution in [2.24, 2.45) is 0 Å². The maximum Gasteiger partial charge on any atom is 0.373 e. The Kier molecular flexibility index (Phi) is 5.86. The quantitative estimate of drug-likeness (QED) is 0.431. The normalized spacial score (nSPS) is 11.1. The van der Waals surface area contributed by atoms with E-state index in [2.05, 4.69) is 0 Å². The van der Waals surface area contributed by atoms with Crippen LogP contribution in [0, 0.1) is 0 Å². The van der Waals surface area contributed by atoms with Crippen LogP contribution < -0.4 is 0 Å². The van der Waals surface area contributed by atoms with Crippen LogP contribution in [0.1, 0.15) is 25.8 Å². The Morgan fingerprint density at radius 3 is 2.47 bits per heavy atom.